The second-order valence-electron chi connectivity index (χ2n) is 7.59. The normalized spacial score (nSPS) is 22.2. The first-order valence-corrected chi connectivity index (χ1v) is 9.50. The van der Waals surface area contributed by atoms with Crippen LogP contribution in [0.4, 0.5) is 0 Å². The minimum atomic E-state index is -1.83. The molecule has 0 saturated heterocycles. The molecule has 3 unspecified atom stereocenters. The van der Waals surface area contributed by atoms with E-state index in [1.165, 1.54) is 0 Å². The van der Waals surface area contributed by atoms with Gasteiger partial charge < -0.3 is 25.0 Å². The van der Waals surface area contributed by atoms with E-state index in [9.17, 15) is 15.0 Å². The van der Waals surface area contributed by atoms with Crippen LogP contribution in [0.1, 0.15) is 44.0 Å². The molecule has 3 atom stereocenters. The summed E-state index contributed by atoms with van der Waals surface area (Å²) in [6.07, 6.45) is 2.61. The first-order valence-electron chi connectivity index (χ1n) is 9.50. The van der Waals surface area contributed by atoms with Gasteiger partial charge in [0.05, 0.1) is 28.4 Å². The molecule has 0 fully saturated rings. The van der Waals surface area contributed by atoms with Crippen LogP contribution in [-0.2, 0) is 16.0 Å². The zero-order valence-electron chi connectivity index (χ0n) is 16.5. The summed E-state index contributed by atoms with van der Waals surface area (Å²) < 4.78 is 0. The number of aliphatic hydroxyl groups is 2. The number of hydrogen-bond donors (Lipinski definition) is 5. The maximum absolute atomic E-state index is 12.1. The lowest BCUT2D eigenvalue weighted by Gasteiger charge is -2.34. The lowest BCUT2D eigenvalue weighted by molar-refractivity contribution is -0.0529. The molecule has 3 heterocycles. The van der Waals surface area contributed by atoms with Crippen molar-refractivity contribution >= 4 is 11.0 Å². The van der Waals surface area contributed by atoms with Crippen LogP contribution in [0.5, 0.6) is 0 Å². The van der Waals surface area contributed by atoms with Gasteiger partial charge in [-0.3, -0.25) is 4.98 Å². The molecule has 0 radical (unpaired) electrons. The van der Waals surface area contributed by atoms with Gasteiger partial charge in [0.25, 0.3) is 0 Å². The van der Waals surface area contributed by atoms with Crippen LogP contribution < -0.4 is 11.2 Å². The molecule has 0 bridgehead atoms. The predicted molar refractivity (Wildman–Crippen MR) is 108 cm³/mol. The number of rotatable bonds is 5. The largest absolute Gasteiger partial charge is 0.413 e. The fourth-order valence-electron chi connectivity index (χ4n) is 3.91. The highest BCUT2D eigenvalue weighted by Crippen LogP contribution is 2.40. The number of hydroxylamine groups is 1. The Labute approximate surface area is 167 Å². The average Bonchev–Trinajstić information content (AvgIpc) is 3.27. The van der Waals surface area contributed by atoms with Gasteiger partial charge >= 0.3 is 5.69 Å². The molecule has 0 amide bonds. The van der Waals surface area contributed by atoms with Crippen LogP contribution in [0.25, 0.3) is 11.0 Å². The van der Waals surface area contributed by atoms with Crippen molar-refractivity contribution in [3.05, 3.63) is 75.7 Å². The first-order chi connectivity index (χ1) is 13.8. The molecule has 152 valence electrons. The van der Waals surface area contributed by atoms with Crippen molar-refractivity contribution in [3.8, 4) is 0 Å². The number of hydrogen-bond acceptors (Lipinski definition) is 6. The van der Waals surface area contributed by atoms with E-state index in [-0.39, 0.29) is 6.42 Å². The van der Waals surface area contributed by atoms with E-state index >= 15 is 0 Å². The fraction of sp³-hybridized carbons (Fsp3) is 0.333. The van der Waals surface area contributed by atoms with E-state index in [4.69, 9.17) is 4.84 Å². The van der Waals surface area contributed by atoms with Crippen molar-refractivity contribution < 1.29 is 15.1 Å². The summed E-state index contributed by atoms with van der Waals surface area (Å²) in [6, 6.07) is 8.73. The number of nitrogens with one attached hydrogen (secondary N) is 3. The molecular formula is C21H24N4O4. The summed E-state index contributed by atoms with van der Waals surface area (Å²) in [7, 11) is 0. The minimum Gasteiger partial charge on any atom is -0.413 e. The summed E-state index contributed by atoms with van der Waals surface area (Å²) in [5.74, 6) is 0.713. The Morgan fingerprint density at radius 1 is 1.31 bits per heavy atom. The molecule has 0 saturated carbocycles. The number of pyridine rings is 1. The Hall–Kier alpha value is -2.94. The Kier molecular flexibility index (Phi) is 4.57. The molecule has 8 heteroatoms. The van der Waals surface area contributed by atoms with Crippen molar-refractivity contribution in [1.29, 1.82) is 0 Å². The van der Waals surface area contributed by atoms with Gasteiger partial charge in [-0.15, -0.1) is 5.48 Å². The summed E-state index contributed by atoms with van der Waals surface area (Å²) in [6.45, 7) is 5.54. The number of aliphatic hydroxyl groups excluding tert-OH is 1. The fourth-order valence-corrected chi connectivity index (χ4v) is 3.91. The third-order valence-corrected chi connectivity index (χ3v) is 5.48. The Bertz CT molecular complexity index is 1140. The monoisotopic (exact) mass is 396 g/mol. The third kappa shape index (κ3) is 3.05. The van der Waals surface area contributed by atoms with E-state index in [2.05, 4.69) is 20.4 Å². The molecule has 0 aliphatic carbocycles. The van der Waals surface area contributed by atoms with Gasteiger partial charge in [-0.25, -0.2) is 4.79 Å². The van der Waals surface area contributed by atoms with E-state index in [0.717, 1.165) is 5.56 Å². The maximum atomic E-state index is 12.1. The van der Waals surface area contributed by atoms with E-state index < -0.39 is 22.9 Å². The molecule has 1 aliphatic rings. The SMILES string of the molecule is CCC(O)C(O)(c1ccccn1)c1cc(C2(C)C=C(C)ON2)cc2[nH]c(=O)[nH]c12. The highest BCUT2D eigenvalue weighted by Gasteiger charge is 2.43. The predicted octanol–water partition coefficient (Wildman–Crippen LogP) is 1.91. The molecule has 8 nitrogen and oxygen atoms in total. The van der Waals surface area contributed by atoms with E-state index in [0.29, 0.717) is 28.0 Å². The van der Waals surface area contributed by atoms with Crippen LogP contribution in [-0.4, -0.2) is 31.3 Å². The van der Waals surface area contributed by atoms with Gasteiger partial charge in [0, 0.05) is 11.8 Å². The van der Waals surface area contributed by atoms with Gasteiger partial charge in [-0.05, 0) is 56.2 Å². The molecule has 4 rings (SSSR count). The lowest BCUT2D eigenvalue weighted by atomic mass is 9.80. The second kappa shape index (κ2) is 6.84. The summed E-state index contributed by atoms with van der Waals surface area (Å²) in [5, 5.41) is 22.7. The lowest BCUT2D eigenvalue weighted by Crippen LogP contribution is -2.42. The van der Waals surface area contributed by atoms with Gasteiger partial charge in [-0.2, -0.15) is 0 Å². The number of aromatic nitrogens is 3. The minimum absolute atomic E-state index is 0.283. The standard InChI is InChI=1S/C21H24N4O4/c1-4-17(26)21(28,16-7-5-6-8-22-16)14-9-13(20(3)11-12(2)29-25-20)10-15-18(14)24-19(27)23-15/h5-11,17,25-26,28H,4H2,1-3H3,(H2,23,24,27). The number of H-pyrrole nitrogens is 2. The molecule has 5 N–H and O–H groups in total. The number of aromatic amines is 2. The molecule has 1 aromatic carbocycles. The van der Waals surface area contributed by atoms with Crippen LogP contribution >= 0.6 is 0 Å². The van der Waals surface area contributed by atoms with Crippen molar-refractivity contribution in [2.45, 2.75) is 44.4 Å². The zero-order chi connectivity index (χ0) is 20.8. The number of imidazole rings is 1. The number of fused-ring (bicyclic) bond motifs is 1. The quantitative estimate of drug-likeness (QED) is 0.449. The van der Waals surface area contributed by atoms with E-state index in [1.807, 2.05) is 26.0 Å². The Morgan fingerprint density at radius 3 is 2.72 bits per heavy atom. The van der Waals surface area contributed by atoms with Gasteiger partial charge in [0.15, 0.2) is 5.60 Å². The van der Waals surface area contributed by atoms with Crippen LogP contribution in [0, 0.1) is 0 Å². The number of allylic oxidation sites excluding steroid dienone is 1. The van der Waals surface area contributed by atoms with E-state index in [1.54, 1.807) is 37.4 Å². The third-order valence-electron chi connectivity index (χ3n) is 5.48. The molecule has 29 heavy (non-hydrogen) atoms. The molecule has 1 aliphatic heterocycles. The smallest absolute Gasteiger partial charge is 0.323 e. The first kappa shape index (κ1) is 19.4. The Morgan fingerprint density at radius 2 is 2.10 bits per heavy atom. The van der Waals surface area contributed by atoms with Gasteiger partial charge in [0.1, 0.15) is 5.76 Å². The average molecular weight is 396 g/mol. The highest BCUT2D eigenvalue weighted by atomic mass is 16.7. The van der Waals surface area contributed by atoms with Crippen LogP contribution in [0.3, 0.4) is 0 Å². The number of nitrogens with zero attached hydrogens (tertiary/aromatic N) is 1. The summed E-state index contributed by atoms with van der Waals surface area (Å²) >= 11 is 0. The van der Waals surface area contributed by atoms with Crippen molar-refractivity contribution in [2.24, 2.45) is 0 Å². The maximum Gasteiger partial charge on any atom is 0.323 e. The van der Waals surface area contributed by atoms with Crippen molar-refractivity contribution in [3.63, 3.8) is 0 Å². The van der Waals surface area contributed by atoms with Crippen molar-refractivity contribution in [2.75, 3.05) is 0 Å². The summed E-state index contributed by atoms with van der Waals surface area (Å²) in [5.41, 5.74) is 2.41. The molecule has 3 aromatic rings. The van der Waals surface area contributed by atoms with Crippen LogP contribution in [0.2, 0.25) is 0 Å². The number of benzene rings is 1. The zero-order valence-corrected chi connectivity index (χ0v) is 16.5. The molecule has 0 spiro atoms. The second-order valence-corrected chi connectivity index (χ2v) is 7.59. The van der Waals surface area contributed by atoms with Crippen molar-refractivity contribution in [1.82, 2.24) is 20.4 Å². The molecule has 2 aromatic heterocycles. The van der Waals surface area contributed by atoms with Gasteiger partial charge in [0.2, 0.25) is 0 Å². The molecular weight excluding hydrogens is 372 g/mol. The Balaban J connectivity index is 2.04. The summed E-state index contributed by atoms with van der Waals surface area (Å²) in [4.78, 5) is 27.3. The topological polar surface area (TPSA) is 123 Å². The van der Waals surface area contributed by atoms with Crippen LogP contribution in [0.15, 0.2) is 53.2 Å². The van der Waals surface area contributed by atoms with Gasteiger partial charge in [-0.1, -0.05) is 13.0 Å². The highest BCUT2D eigenvalue weighted by molar-refractivity contribution is 5.81.